The van der Waals surface area contributed by atoms with Crippen LogP contribution >= 0.6 is 0 Å². The summed E-state index contributed by atoms with van der Waals surface area (Å²) in [6.45, 7) is 3.90. The van der Waals surface area contributed by atoms with Crippen molar-refractivity contribution in [1.29, 1.82) is 0 Å². The molecular weight excluding hydrogens is 168 g/mol. The summed E-state index contributed by atoms with van der Waals surface area (Å²) in [5.41, 5.74) is 6.63. The van der Waals surface area contributed by atoms with Crippen molar-refractivity contribution in [2.24, 2.45) is 5.73 Å². The minimum absolute atomic E-state index is 0.525. The van der Waals surface area contributed by atoms with Gasteiger partial charge in [0.25, 0.3) is 0 Å². The molecule has 0 saturated carbocycles. The van der Waals surface area contributed by atoms with E-state index in [9.17, 15) is 0 Å². The lowest BCUT2D eigenvalue weighted by molar-refractivity contribution is 0.111. The van der Waals surface area contributed by atoms with Crippen molar-refractivity contribution in [3.8, 4) is 0 Å². The third kappa shape index (κ3) is 1.66. The summed E-state index contributed by atoms with van der Waals surface area (Å²) < 4.78 is 7.28. The van der Waals surface area contributed by atoms with Crippen LogP contribution in [0.25, 0.3) is 0 Å². The summed E-state index contributed by atoms with van der Waals surface area (Å²) in [6.07, 6.45) is 3.60. The Morgan fingerprint density at radius 2 is 2.23 bits per heavy atom. The van der Waals surface area contributed by atoms with E-state index in [1.165, 1.54) is 0 Å². The zero-order valence-corrected chi connectivity index (χ0v) is 7.52. The number of hydrogen-bond donors (Lipinski definition) is 1. The van der Waals surface area contributed by atoms with Gasteiger partial charge in [-0.1, -0.05) is 0 Å². The number of nitrogens with zero attached hydrogens (tertiary/aromatic N) is 3. The van der Waals surface area contributed by atoms with Crippen molar-refractivity contribution in [2.75, 3.05) is 31.3 Å². The number of morpholine rings is 1. The lowest BCUT2D eigenvalue weighted by atomic mass is 10.4. The molecule has 1 aliphatic rings. The molecule has 0 amide bonds. The van der Waals surface area contributed by atoms with Gasteiger partial charge in [-0.2, -0.15) is 0 Å². The molecule has 2 heterocycles. The highest BCUT2D eigenvalue weighted by Gasteiger charge is 2.12. The van der Waals surface area contributed by atoms with E-state index in [0.29, 0.717) is 6.54 Å². The van der Waals surface area contributed by atoms with Gasteiger partial charge in [0.15, 0.2) is 0 Å². The van der Waals surface area contributed by atoms with Crippen LogP contribution in [0.3, 0.4) is 0 Å². The summed E-state index contributed by atoms with van der Waals surface area (Å²) in [7, 11) is 0. The fraction of sp³-hybridized carbons (Fsp3) is 0.625. The molecule has 2 rings (SSSR count). The molecule has 5 nitrogen and oxygen atoms in total. The molecule has 0 bridgehead atoms. The van der Waals surface area contributed by atoms with Gasteiger partial charge in [0.1, 0.15) is 6.33 Å². The van der Waals surface area contributed by atoms with E-state index in [1.807, 2.05) is 4.68 Å². The number of aromatic nitrogens is 2. The molecule has 72 valence electrons. The summed E-state index contributed by atoms with van der Waals surface area (Å²) in [6, 6.07) is 0. The zero-order valence-electron chi connectivity index (χ0n) is 7.52. The van der Waals surface area contributed by atoms with Gasteiger partial charge in [-0.15, -0.1) is 0 Å². The lowest BCUT2D eigenvalue weighted by Gasteiger charge is -2.30. The van der Waals surface area contributed by atoms with Gasteiger partial charge in [0.2, 0.25) is 0 Å². The number of imidazole rings is 1. The molecule has 1 aliphatic heterocycles. The largest absolute Gasteiger partial charge is 0.378 e. The van der Waals surface area contributed by atoms with Crippen LogP contribution in [0, 0.1) is 0 Å². The maximum absolute atomic E-state index is 5.58. The Balaban J connectivity index is 2.13. The van der Waals surface area contributed by atoms with Crippen LogP contribution in [0.1, 0.15) is 5.69 Å². The Morgan fingerprint density at radius 3 is 2.92 bits per heavy atom. The third-order valence-corrected chi connectivity index (χ3v) is 2.20. The van der Waals surface area contributed by atoms with Gasteiger partial charge in [-0.05, 0) is 0 Å². The molecule has 5 heteroatoms. The van der Waals surface area contributed by atoms with Crippen LogP contribution in [0.2, 0.25) is 0 Å². The number of rotatable bonds is 2. The van der Waals surface area contributed by atoms with Gasteiger partial charge >= 0.3 is 0 Å². The van der Waals surface area contributed by atoms with Crippen molar-refractivity contribution in [2.45, 2.75) is 6.54 Å². The molecule has 1 aromatic heterocycles. The average molecular weight is 182 g/mol. The van der Waals surface area contributed by atoms with Crippen LogP contribution in [-0.4, -0.2) is 36.0 Å². The molecule has 1 saturated heterocycles. The molecule has 1 fully saturated rings. The van der Waals surface area contributed by atoms with E-state index in [4.69, 9.17) is 10.5 Å². The monoisotopic (exact) mass is 182 g/mol. The number of hydrogen-bond acceptors (Lipinski definition) is 4. The summed E-state index contributed by atoms with van der Waals surface area (Å²) in [4.78, 5) is 4.07. The first kappa shape index (κ1) is 8.52. The predicted octanol–water partition coefficient (Wildman–Crippen LogP) is -0.690. The van der Waals surface area contributed by atoms with Crippen LogP contribution in [-0.2, 0) is 11.3 Å². The van der Waals surface area contributed by atoms with Crippen LogP contribution in [0.5, 0.6) is 0 Å². The minimum atomic E-state index is 0.525. The minimum Gasteiger partial charge on any atom is -0.378 e. The second-order valence-corrected chi connectivity index (χ2v) is 3.00. The fourth-order valence-corrected chi connectivity index (χ4v) is 1.49. The highest BCUT2D eigenvalue weighted by atomic mass is 16.5. The Hall–Kier alpha value is -1.07. The summed E-state index contributed by atoms with van der Waals surface area (Å²) >= 11 is 0. The van der Waals surface area contributed by atoms with Crippen molar-refractivity contribution in [3.63, 3.8) is 0 Å². The van der Waals surface area contributed by atoms with E-state index >= 15 is 0 Å². The van der Waals surface area contributed by atoms with E-state index in [1.54, 1.807) is 12.5 Å². The molecule has 0 atom stereocenters. The van der Waals surface area contributed by atoms with E-state index in [0.717, 1.165) is 32.0 Å². The molecule has 0 aromatic carbocycles. The molecule has 13 heavy (non-hydrogen) atoms. The van der Waals surface area contributed by atoms with Crippen LogP contribution < -0.4 is 10.7 Å². The molecule has 2 N–H and O–H groups in total. The first-order chi connectivity index (χ1) is 6.42. The molecule has 0 aliphatic carbocycles. The third-order valence-electron chi connectivity index (χ3n) is 2.20. The van der Waals surface area contributed by atoms with Gasteiger partial charge in [-0.3, -0.25) is 0 Å². The highest BCUT2D eigenvalue weighted by molar-refractivity contribution is 5.03. The molecular formula is C8H14N4O. The number of nitrogens with two attached hydrogens (primary N) is 1. The van der Waals surface area contributed by atoms with Crippen molar-refractivity contribution >= 4 is 0 Å². The van der Waals surface area contributed by atoms with E-state index in [-0.39, 0.29) is 0 Å². The maximum atomic E-state index is 5.58. The second-order valence-electron chi connectivity index (χ2n) is 3.00. The first-order valence-electron chi connectivity index (χ1n) is 4.46. The Kier molecular flexibility index (Phi) is 2.47. The lowest BCUT2D eigenvalue weighted by Crippen LogP contribution is -2.44. The van der Waals surface area contributed by atoms with Crippen molar-refractivity contribution in [3.05, 3.63) is 18.2 Å². The van der Waals surface area contributed by atoms with Gasteiger partial charge in [0.05, 0.1) is 38.2 Å². The Bertz CT molecular complexity index is 267. The maximum Gasteiger partial charge on any atom is 0.114 e. The van der Waals surface area contributed by atoms with Crippen LogP contribution in [0.15, 0.2) is 12.5 Å². The van der Waals surface area contributed by atoms with Gasteiger partial charge < -0.3 is 15.5 Å². The topological polar surface area (TPSA) is 56.3 Å². The second kappa shape index (κ2) is 3.76. The predicted molar refractivity (Wildman–Crippen MR) is 48.9 cm³/mol. The molecule has 0 radical (unpaired) electrons. The van der Waals surface area contributed by atoms with Gasteiger partial charge in [0, 0.05) is 6.54 Å². The quantitative estimate of drug-likeness (QED) is 0.657. The summed E-state index contributed by atoms with van der Waals surface area (Å²) in [5.74, 6) is 0. The van der Waals surface area contributed by atoms with Crippen molar-refractivity contribution < 1.29 is 4.74 Å². The number of ether oxygens (including phenoxy) is 1. The SMILES string of the molecule is NCc1cncn1N1CCOCC1. The standard InChI is InChI=1S/C8H14N4O/c9-5-8-6-10-7-12(8)11-1-3-13-4-2-11/h6-7H,1-5,9H2. The summed E-state index contributed by atoms with van der Waals surface area (Å²) in [5, 5.41) is 2.19. The van der Waals surface area contributed by atoms with E-state index in [2.05, 4.69) is 9.99 Å². The Labute approximate surface area is 77.1 Å². The fourth-order valence-electron chi connectivity index (χ4n) is 1.49. The molecule has 0 unspecified atom stereocenters. The first-order valence-corrected chi connectivity index (χ1v) is 4.46. The van der Waals surface area contributed by atoms with Crippen molar-refractivity contribution in [1.82, 2.24) is 9.66 Å². The smallest absolute Gasteiger partial charge is 0.114 e. The van der Waals surface area contributed by atoms with Crippen LogP contribution in [0.4, 0.5) is 0 Å². The molecule has 0 spiro atoms. The van der Waals surface area contributed by atoms with Gasteiger partial charge in [-0.25, -0.2) is 9.66 Å². The van der Waals surface area contributed by atoms with E-state index < -0.39 is 0 Å². The zero-order chi connectivity index (χ0) is 9.10. The Morgan fingerprint density at radius 1 is 1.46 bits per heavy atom. The highest BCUT2D eigenvalue weighted by Crippen LogP contribution is 2.02. The normalized spacial score (nSPS) is 17.8. The average Bonchev–Trinajstić information content (AvgIpc) is 2.67. The molecule has 1 aromatic rings.